The molecule has 2 aliphatic carbocycles. The number of fused-ring (bicyclic) bond motifs is 1. The lowest BCUT2D eigenvalue weighted by atomic mass is 9.85. The molecule has 4 aliphatic rings. The molecule has 6 heteroatoms. The Labute approximate surface area is 202 Å². The summed E-state index contributed by atoms with van der Waals surface area (Å²) in [6.07, 6.45) is 15.2. The van der Waals surface area contributed by atoms with Crippen molar-refractivity contribution in [1.82, 2.24) is 20.4 Å². The van der Waals surface area contributed by atoms with E-state index in [1.807, 2.05) is 24.3 Å². The normalized spacial score (nSPS) is 24.0. The van der Waals surface area contributed by atoms with E-state index in [9.17, 15) is 9.90 Å². The van der Waals surface area contributed by atoms with Crippen LogP contribution in [-0.4, -0.2) is 65.8 Å². The Morgan fingerprint density at radius 1 is 1.15 bits per heavy atom. The van der Waals surface area contributed by atoms with Gasteiger partial charge in [-0.25, -0.2) is 4.79 Å². The van der Waals surface area contributed by atoms with Gasteiger partial charge >= 0.3 is 6.03 Å². The lowest BCUT2D eigenvalue weighted by Crippen LogP contribution is -2.48. The summed E-state index contributed by atoms with van der Waals surface area (Å²) in [4.78, 5) is 17.4. The van der Waals surface area contributed by atoms with Gasteiger partial charge in [0.05, 0.1) is 11.6 Å². The van der Waals surface area contributed by atoms with Crippen molar-refractivity contribution < 1.29 is 9.90 Å². The van der Waals surface area contributed by atoms with Crippen molar-refractivity contribution in [3.05, 3.63) is 83.2 Å². The summed E-state index contributed by atoms with van der Waals surface area (Å²) in [5.74, 6) is 0.616. The number of nitrogens with zero attached hydrogens (tertiary/aromatic N) is 2. The third-order valence-electron chi connectivity index (χ3n) is 7.55. The molecule has 180 valence electrons. The van der Waals surface area contributed by atoms with Crippen molar-refractivity contribution in [3.8, 4) is 0 Å². The number of hydrogen-bond acceptors (Lipinski definition) is 4. The number of urea groups is 1. The first-order valence-corrected chi connectivity index (χ1v) is 12.6. The first-order valence-electron chi connectivity index (χ1n) is 12.6. The van der Waals surface area contributed by atoms with Crippen LogP contribution in [0.4, 0.5) is 4.79 Å². The van der Waals surface area contributed by atoms with E-state index in [-0.39, 0.29) is 12.1 Å². The van der Waals surface area contributed by atoms with Crippen molar-refractivity contribution in [2.24, 2.45) is 5.92 Å². The van der Waals surface area contributed by atoms with Crippen LogP contribution < -0.4 is 10.6 Å². The summed E-state index contributed by atoms with van der Waals surface area (Å²) in [7, 11) is 2.15. The Morgan fingerprint density at radius 2 is 1.91 bits per heavy atom. The van der Waals surface area contributed by atoms with Crippen LogP contribution in [0.25, 0.3) is 0 Å². The van der Waals surface area contributed by atoms with Gasteiger partial charge in [-0.05, 0) is 43.2 Å². The van der Waals surface area contributed by atoms with Gasteiger partial charge in [-0.3, -0.25) is 0 Å². The van der Waals surface area contributed by atoms with Crippen LogP contribution in [-0.2, 0) is 6.42 Å². The number of piperidine rings is 1. The van der Waals surface area contributed by atoms with Gasteiger partial charge in [0.15, 0.2) is 0 Å². The monoisotopic (exact) mass is 460 g/mol. The van der Waals surface area contributed by atoms with Gasteiger partial charge in [-0.15, -0.1) is 0 Å². The predicted octanol–water partition coefficient (Wildman–Crippen LogP) is 3.34. The molecule has 1 atom stereocenters. The molecule has 3 N–H and O–H groups in total. The number of likely N-dealkylation sites (N-methyl/N-ethyl adjacent to an activating group) is 1. The van der Waals surface area contributed by atoms with Crippen LogP contribution in [0.2, 0.25) is 0 Å². The maximum atomic E-state index is 12.7. The molecular formula is C28H36N4O2. The zero-order chi connectivity index (χ0) is 23.5. The lowest BCUT2D eigenvalue weighted by Gasteiger charge is -2.38. The topological polar surface area (TPSA) is 67.8 Å². The Bertz CT molecular complexity index is 1010. The van der Waals surface area contributed by atoms with Crippen molar-refractivity contribution in [3.63, 3.8) is 0 Å². The van der Waals surface area contributed by atoms with Crippen LogP contribution in [0.3, 0.4) is 0 Å². The molecule has 6 nitrogen and oxygen atoms in total. The summed E-state index contributed by atoms with van der Waals surface area (Å²) >= 11 is 0. The van der Waals surface area contributed by atoms with Crippen LogP contribution in [0.15, 0.2) is 77.7 Å². The second kappa shape index (κ2) is 9.80. The molecule has 2 heterocycles. The molecule has 1 aromatic rings. The third-order valence-corrected chi connectivity index (χ3v) is 7.55. The zero-order valence-electron chi connectivity index (χ0n) is 20.0. The van der Waals surface area contributed by atoms with Crippen LogP contribution >= 0.6 is 0 Å². The standard InChI is InChI=1S/C28H36N4O2/c1-31-25-10-6-5-9-23(25)24(19-26(31)22-11-12-22)30-27(33)29-15-18-32-16-13-28(34,14-17-32)20-21-7-3-2-4-8-21/h2-10,19,22,25,34H,11-18,20H2,1H3,(H2,29,30,33). The number of carbonyl (C=O) groups excluding carboxylic acids is 1. The second-order valence-electron chi connectivity index (χ2n) is 10.1. The van der Waals surface area contributed by atoms with E-state index >= 15 is 0 Å². The number of nitrogens with one attached hydrogen (secondary N) is 2. The molecule has 2 aliphatic heterocycles. The largest absolute Gasteiger partial charge is 0.389 e. The van der Waals surface area contributed by atoms with Gasteiger partial charge < -0.3 is 25.5 Å². The van der Waals surface area contributed by atoms with E-state index < -0.39 is 5.60 Å². The minimum Gasteiger partial charge on any atom is -0.389 e. The number of hydrogen-bond donors (Lipinski definition) is 3. The number of benzene rings is 1. The van der Waals surface area contributed by atoms with E-state index in [4.69, 9.17) is 0 Å². The molecular weight excluding hydrogens is 424 g/mol. The fourth-order valence-electron chi connectivity index (χ4n) is 5.34. The minimum absolute atomic E-state index is 0.155. The van der Waals surface area contributed by atoms with Crippen molar-refractivity contribution in [2.45, 2.75) is 43.7 Å². The smallest absolute Gasteiger partial charge is 0.319 e. The lowest BCUT2D eigenvalue weighted by molar-refractivity contribution is -0.0201. The Balaban J connectivity index is 1.10. The summed E-state index contributed by atoms with van der Waals surface area (Å²) in [5, 5.41) is 17.1. The molecule has 1 unspecified atom stereocenters. The molecule has 5 rings (SSSR count). The first kappa shape index (κ1) is 22.9. The van der Waals surface area contributed by atoms with E-state index in [1.165, 1.54) is 24.1 Å². The number of amides is 2. The van der Waals surface area contributed by atoms with E-state index in [2.05, 4.69) is 63.9 Å². The highest BCUT2D eigenvalue weighted by atomic mass is 16.3. The average Bonchev–Trinajstić information content (AvgIpc) is 3.68. The highest BCUT2D eigenvalue weighted by Gasteiger charge is 2.35. The fraction of sp³-hybridized carbons (Fsp3) is 0.464. The van der Waals surface area contributed by atoms with Gasteiger partial charge in [0.2, 0.25) is 0 Å². The van der Waals surface area contributed by atoms with Gasteiger partial charge in [0.1, 0.15) is 0 Å². The highest BCUT2D eigenvalue weighted by molar-refractivity contribution is 5.77. The second-order valence-corrected chi connectivity index (χ2v) is 10.1. The minimum atomic E-state index is -0.630. The fourth-order valence-corrected chi connectivity index (χ4v) is 5.34. The molecule has 0 bridgehead atoms. The van der Waals surface area contributed by atoms with Crippen LogP contribution in [0, 0.1) is 5.92 Å². The number of allylic oxidation sites excluding steroid dienone is 4. The maximum Gasteiger partial charge on any atom is 0.319 e. The number of carbonyl (C=O) groups is 1. The number of rotatable bonds is 7. The summed E-state index contributed by atoms with van der Waals surface area (Å²) in [5.41, 5.74) is 3.92. The Morgan fingerprint density at radius 3 is 2.65 bits per heavy atom. The molecule has 0 spiro atoms. The SMILES string of the molecule is CN1C(C2CC2)=CC(NC(=O)NCCN2CCC(O)(Cc3ccccc3)CC2)=C2C=CC=CC21. The molecule has 1 aromatic carbocycles. The van der Waals surface area contributed by atoms with Crippen LogP contribution in [0.5, 0.6) is 0 Å². The predicted molar refractivity (Wildman–Crippen MR) is 135 cm³/mol. The zero-order valence-corrected chi connectivity index (χ0v) is 20.0. The van der Waals surface area contributed by atoms with Crippen molar-refractivity contribution in [2.75, 3.05) is 33.2 Å². The molecule has 1 saturated heterocycles. The van der Waals surface area contributed by atoms with Gasteiger partial charge in [-0.2, -0.15) is 0 Å². The molecule has 2 amide bonds. The highest BCUT2D eigenvalue weighted by Crippen LogP contribution is 2.42. The maximum absolute atomic E-state index is 12.7. The summed E-state index contributed by atoms with van der Waals surface area (Å²) in [6.45, 7) is 3.07. The number of aliphatic hydroxyl groups is 1. The summed E-state index contributed by atoms with van der Waals surface area (Å²) < 4.78 is 0. The van der Waals surface area contributed by atoms with Crippen molar-refractivity contribution >= 4 is 6.03 Å². The van der Waals surface area contributed by atoms with E-state index in [0.717, 1.165) is 43.7 Å². The molecule has 34 heavy (non-hydrogen) atoms. The molecule has 2 fully saturated rings. The Hall–Kier alpha value is -2.83. The molecule has 0 radical (unpaired) electrons. The third kappa shape index (κ3) is 5.29. The van der Waals surface area contributed by atoms with Gasteiger partial charge in [-0.1, -0.05) is 54.6 Å². The molecule has 0 aromatic heterocycles. The van der Waals surface area contributed by atoms with Gasteiger partial charge in [0.25, 0.3) is 0 Å². The first-order chi connectivity index (χ1) is 16.5. The quantitative estimate of drug-likeness (QED) is 0.584. The van der Waals surface area contributed by atoms with E-state index in [1.54, 1.807) is 0 Å². The molecule has 1 saturated carbocycles. The summed E-state index contributed by atoms with van der Waals surface area (Å²) in [6, 6.07) is 10.2. The average molecular weight is 461 g/mol. The Kier molecular flexibility index (Phi) is 6.61. The van der Waals surface area contributed by atoms with E-state index in [0.29, 0.717) is 18.9 Å². The number of likely N-dealkylation sites (tertiary alicyclic amines) is 1. The van der Waals surface area contributed by atoms with Crippen LogP contribution in [0.1, 0.15) is 31.2 Å². The van der Waals surface area contributed by atoms with Gasteiger partial charge in [0, 0.05) is 56.6 Å². The van der Waals surface area contributed by atoms with Crippen molar-refractivity contribution in [1.29, 1.82) is 0 Å².